The van der Waals surface area contributed by atoms with Crippen LogP contribution in [0.4, 0.5) is 0 Å². The highest BCUT2D eigenvalue weighted by Gasteiger charge is 2.39. The summed E-state index contributed by atoms with van der Waals surface area (Å²) in [6, 6.07) is 5.97. The normalized spacial score (nSPS) is 28.8. The van der Waals surface area contributed by atoms with Crippen LogP contribution in [-0.2, 0) is 0 Å². The van der Waals surface area contributed by atoms with Crippen molar-refractivity contribution in [3.8, 4) is 11.5 Å². The molecule has 0 saturated heterocycles. The third kappa shape index (κ3) is 3.69. The van der Waals surface area contributed by atoms with Crippen molar-refractivity contribution in [3.63, 3.8) is 0 Å². The highest BCUT2D eigenvalue weighted by atomic mass is 16.5. The number of hydrogen-bond acceptors (Lipinski definition) is 4. The molecule has 2 aromatic heterocycles. The molecule has 4 unspecified atom stereocenters. The Labute approximate surface area is 161 Å². The molecule has 5 nitrogen and oxygen atoms in total. The fraction of sp³-hybridized carbons (Fsp3) is 0.636. The molecule has 0 spiro atoms. The molecule has 5 heteroatoms. The molecule has 1 amide bonds. The lowest BCUT2D eigenvalue weighted by atomic mass is 9.79. The van der Waals surface area contributed by atoms with Gasteiger partial charge in [-0.15, -0.1) is 0 Å². The zero-order chi connectivity index (χ0) is 18.8. The fourth-order valence-corrected chi connectivity index (χ4v) is 5.01. The topological polar surface area (TPSA) is 59.5 Å². The molecule has 2 fully saturated rings. The molecule has 0 bridgehead atoms. The van der Waals surface area contributed by atoms with Crippen molar-refractivity contribution in [2.45, 2.75) is 77.3 Å². The van der Waals surface area contributed by atoms with Gasteiger partial charge in [0.15, 0.2) is 11.5 Å². The highest BCUT2D eigenvalue weighted by molar-refractivity contribution is 5.93. The van der Waals surface area contributed by atoms with E-state index in [4.69, 9.17) is 8.94 Å². The van der Waals surface area contributed by atoms with E-state index >= 15 is 0 Å². The molecule has 4 rings (SSSR count). The molecule has 0 radical (unpaired) electrons. The predicted molar refractivity (Wildman–Crippen MR) is 103 cm³/mol. The van der Waals surface area contributed by atoms with Gasteiger partial charge in [0.1, 0.15) is 0 Å². The average Bonchev–Trinajstić information content (AvgIpc) is 3.36. The van der Waals surface area contributed by atoms with Crippen molar-refractivity contribution in [1.29, 1.82) is 0 Å². The molecule has 0 aliphatic heterocycles. The molecular formula is C22H30N2O3. The van der Waals surface area contributed by atoms with Crippen LogP contribution in [-0.4, -0.2) is 28.0 Å². The zero-order valence-corrected chi connectivity index (χ0v) is 16.4. The van der Waals surface area contributed by atoms with E-state index in [0.29, 0.717) is 41.1 Å². The predicted octanol–water partition coefficient (Wildman–Crippen LogP) is 5.53. The Morgan fingerprint density at radius 3 is 2.19 bits per heavy atom. The van der Waals surface area contributed by atoms with Crippen LogP contribution >= 0.6 is 0 Å². The fourth-order valence-electron chi connectivity index (χ4n) is 5.01. The minimum Gasteiger partial charge on any atom is -0.461 e. The number of rotatable bonds is 4. The van der Waals surface area contributed by atoms with Gasteiger partial charge in [0.2, 0.25) is 5.76 Å². The second kappa shape index (κ2) is 7.91. The second-order valence-corrected chi connectivity index (χ2v) is 8.42. The van der Waals surface area contributed by atoms with Crippen molar-refractivity contribution in [2.24, 2.45) is 11.8 Å². The summed E-state index contributed by atoms with van der Waals surface area (Å²) < 4.78 is 10.8. The number of aromatic nitrogens is 1. The SMILES string of the molecule is CC1CCCCC1N(C(=O)c1cc(-c2ccco2)on1)C1CCCCC1C. The first-order chi connectivity index (χ1) is 13.1. The van der Waals surface area contributed by atoms with Gasteiger partial charge in [0.05, 0.1) is 6.26 Å². The van der Waals surface area contributed by atoms with E-state index in [1.807, 2.05) is 6.07 Å². The van der Waals surface area contributed by atoms with Crippen LogP contribution in [0.15, 0.2) is 33.4 Å². The van der Waals surface area contributed by atoms with Crippen LogP contribution in [0.2, 0.25) is 0 Å². The van der Waals surface area contributed by atoms with E-state index in [9.17, 15) is 4.79 Å². The quantitative estimate of drug-likeness (QED) is 0.709. The van der Waals surface area contributed by atoms with Gasteiger partial charge >= 0.3 is 0 Å². The van der Waals surface area contributed by atoms with Gasteiger partial charge in [0, 0.05) is 18.2 Å². The summed E-state index contributed by atoms with van der Waals surface area (Å²) in [4.78, 5) is 15.8. The summed E-state index contributed by atoms with van der Waals surface area (Å²) >= 11 is 0. The minimum atomic E-state index is 0.0223. The number of amides is 1. The standard InChI is InChI=1S/C22H30N2O3/c1-15-8-3-5-10-18(15)24(19-11-6-4-9-16(19)2)22(25)17-14-21(27-23-17)20-12-7-13-26-20/h7,12-16,18-19H,3-6,8-11H2,1-2H3. The molecule has 2 aliphatic rings. The number of furan rings is 1. The van der Waals surface area contributed by atoms with E-state index in [1.165, 1.54) is 38.5 Å². The lowest BCUT2D eigenvalue weighted by Gasteiger charge is -2.46. The number of carbonyl (C=O) groups excluding carboxylic acids is 1. The summed E-state index contributed by atoms with van der Waals surface area (Å²) in [5, 5.41) is 4.11. The third-order valence-corrected chi connectivity index (χ3v) is 6.57. The summed E-state index contributed by atoms with van der Waals surface area (Å²) in [5.41, 5.74) is 0.400. The Kier molecular flexibility index (Phi) is 5.37. The van der Waals surface area contributed by atoms with Crippen LogP contribution in [0.25, 0.3) is 11.5 Å². The first kappa shape index (κ1) is 18.3. The van der Waals surface area contributed by atoms with Crippen molar-refractivity contribution in [2.75, 3.05) is 0 Å². The molecule has 2 heterocycles. The third-order valence-electron chi connectivity index (χ3n) is 6.57. The van der Waals surface area contributed by atoms with Gasteiger partial charge in [-0.05, 0) is 49.7 Å². The summed E-state index contributed by atoms with van der Waals surface area (Å²) in [6.07, 6.45) is 11.1. The van der Waals surface area contributed by atoms with Crippen LogP contribution in [0.5, 0.6) is 0 Å². The maximum absolute atomic E-state index is 13.6. The van der Waals surface area contributed by atoms with Crippen molar-refractivity contribution in [1.82, 2.24) is 10.1 Å². The first-order valence-corrected chi connectivity index (χ1v) is 10.5. The lowest BCUT2D eigenvalue weighted by Crippen LogP contribution is -2.53. The van der Waals surface area contributed by atoms with Crippen LogP contribution in [0, 0.1) is 11.8 Å². The Balaban J connectivity index is 1.64. The monoisotopic (exact) mass is 370 g/mol. The maximum atomic E-state index is 13.6. The molecule has 146 valence electrons. The van der Waals surface area contributed by atoms with Crippen molar-refractivity contribution in [3.05, 3.63) is 30.2 Å². The van der Waals surface area contributed by atoms with Crippen molar-refractivity contribution < 1.29 is 13.7 Å². The second-order valence-electron chi connectivity index (χ2n) is 8.42. The van der Waals surface area contributed by atoms with E-state index < -0.39 is 0 Å². The molecule has 0 aromatic carbocycles. The van der Waals surface area contributed by atoms with Crippen molar-refractivity contribution >= 4 is 5.91 Å². The summed E-state index contributed by atoms with van der Waals surface area (Å²) in [5.74, 6) is 2.21. The molecule has 27 heavy (non-hydrogen) atoms. The smallest absolute Gasteiger partial charge is 0.276 e. The largest absolute Gasteiger partial charge is 0.461 e. The number of hydrogen-bond donors (Lipinski definition) is 0. The minimum absolute atomic E-state index is 0.0223. The summed E-state index contributed by atoms with van der Waals surface area (Å²) in [7, 11) is 0. The van der Waals surface area contributed by atoms with E-state index in [0.717, 1.165) is 12.8 Å². The van der Waals surface area contributed by atoms with Gasteiger partial charge in [0.25, 0.3) is 5.91 Å². The van der Waals surface area contributed by atoms with Gasteiger partial charge < -0.3 is 13.8 Å². The molecule has 4 atom stereocenters. The van der Waals surface area contributed by atoms with E-state index in [1.54, 1.807) is 18.4 Å². The van der Waals surface area contributed by atoms with Crippen LogP contribution in [0.1, 0.15) is 75.7 Å². The Morgan fingerprint density at radius 1 is 1.00 bits per heavy atom. The number of nitrogens with zero attached hydrogens (tertiary/aromatic N) is 2. The van der Waals surface area contributed by atoms with Gasteiger partial charge in [-0.2, -0.15) is 0 Å². The summed E-state index contributed by atoms with van der Waals surface area (Å²) in [6.45, 7) is 4.60. The van der Waals surface area contributed by atoms with Gasteiger partial charge in [-0.25, -0.2) is 0 Å². The van der Waals surface area contributed by atoms with E-state index in [2.05, 4.69) is 23.9 Å². The van der Waals surface area contributed by atoms with Gasteiger partial charge in [-0.3, -0.25) is 4.79 Å². The lowest BCUT2D eigenvalue weighted by molar-refractivity contribution is 0.0211. The Morgan fingerprint density at radius 2 is 1.63 bits per heavy atom. The molecular weight excluding hydrogens is 340 g/mol. The number of carbonyl (C=O) groups is 1. The van der Waals surface area contributed by atoms with Gasteiger partial charge in [-0.1, -0.05) is 44.7 Å². The van der Waals surface area contributed by atoms with Crippen LogP contribution < -0.4 is 0 Å². The Bertz CT molecular complexity index is 729. The van der Waals surface area contributed by atoms with E-state index in [-0.39, 0.29) is 5.91 Å². The molecule has 2 aliphatic carbocycles. The molecule has 2 saturated carbocycles. The van der Waals surface area contributed by atoms with Crippen LogP contribution in [0.3, 0.4) is 0 Å². The Hall–Kier alpha value is -2.04. The first-order valence-electron chi connectivity index (χ1n) is 10.5. The zero-order valence-electron chi connectivity index (χ0n) is 16.4. The molecule has 2 aromatic rings. The maximum Gasteiger partial charge on any atom is 0.276 e. The molecule has 0 N–H and O–H groups in total. The average molecular weight is 370 g/mol. The highest BCUT2D eigenvalue weighted by Crippen LogP contribution is 2.36.